The van der Waals surface area contributed by atoms with E-state index in [-0.39, 0.29) is 17.7 Å². The Morgan fingerprint density at radius 2 is 1.81 bits per heavy atom. The third-order valence-electron chi connectivity index (χ3n) is 4.69. The van der Waals surface area contributed by atoms with Gasteiger partial charge in [0.1, 0.15) is 0 Å². The van der Waals surface area contributed by atoms with Crippen LogP contribution in [0.5, 0.6) is 0 Å². The monoisotopic (exact) mass is 314 g/mol. The second-order valence-corrected chi connectivity index (χ2v) is 8.12. The van der Waals surface area contributed by atoms with Crippen LogP contribution in [0.2, 0.25) is 0 Å². The van der Waals surface area contributed by atoms with E-state index in [1.165, 1.54) is 0 Å². The Hall–Kier alpha value is -1.13. The number of aliphatic carboxylic acids is 1. The second-order valence-electron chi connectivity index (χ2n) is 6.36. The minimum atomic E-state index is -3.49. The van der Waals surface area contributed by atoms with E-state index >= 15 is 0 Å². The number of carboxylic acid groups (broad SMARTS) is 1. The SMILES string of the molecule is N#CC1(CS(=O)(=O)NC2CCC(C(=O)O)CC2)CCCC1. The summed E-state index contributed by atoms with van der Waals surface area (Å²) < 4.78 is 27.2. The van der Waals surface area contributed by atoms with Crippen LogP contribution < -0.4 is 4.72 Å². The van der Waals surface area contributed by atoms with E-state index in [0.717, 1.165) is 12.8 Å². The fraction of sp³-hybridized carbons (Fsp3) is 0.857. The molecule has 0 spiro atoms. The highest BCUT2D eigenvalue weighted by molar-refractivity contribution is 7.89. The summed E-state index contributed by atoms with van der Waals surface area (Å²) in [5.41, 5.74) is -0.732. The van der Waals surface area contributed by atoms with Gasteiger partial charge in [0.05, 0.1) is 23.2 Å². The number of carbonyl (C=O) groups is 1. The Labute approximate surface area is 125 Å². The maximum atomic E-state index is 12.3. The quantitative estimate of drug-likeness (QED) is 0.802. The first-order chi connectivity index (χ1) is 9.86. The van der Waals surface area contributed by atoms with Crippen LogP contribution in [0.1, 0.15) is 51.4 Å². The molecule has 2 fully saturated rings. The lowest BCUT2D eigenvalue weighted by molar-refractivity contribution is -0.142. The summed E-state index contributed by atoms with van der Waals surface area (Å²) in [5.74, 6) is -1.29. The predicted molar refractivity (Wildman–Crippen MR) is 76.8 cm³/mol. The molecule has 0 amide bonds. The van der Waals surface area contributed by atoms with Gasteiger partial charge in [0, 0.05) is 6.04 Å². The van der Waals surface area contributed by atoms with Gasteiger partial charge >= 0.3 is 5.97 Å². The normalized spacial score (nSPS) is 28.9. The molecule has 0 aromatic carbocycles. The minimum absolute atomic E-state index is 0.130. The molecular formula is C14H22N2O4S. The summed E-state index contributed by atoms with van der Waals surface area (Å²) in [7, 11) is -3.49. The number of hydrogen-bond acceptors (Lipinski definition) is 4. The summed E-state index contributed by atoms with van der Waals surface area (Å²) in [6, 6.07) is 2.00. The molecule has 0 atom stereocenters. The van der Waals surface area contributed by atoms with E-state index in [1.54, 1.807) is 0 Å². The second kappa shape index (κ2) is 6.32. The number of sulfonamides is 1. The van der Waals surface area contributed by atoms with Gasteiger partial charge in [-0.25, -0.2) is 13.1 Å². The summed E-state index contributed by atoms with van der Waals surface area (Å²) >= 11 is 0. The van der Waals surface area contributed by atoms with Crippen LogP contribution in [-0.2, 0) is 14.8 Å². The molecular weight excluding hydrogens is 292 g/mol. The van der Waals surface area contributed by atoms with Gasteiger partial charge in [-0.15, -0.1) is 0 Å². The number of carboxylic acids is 1. The van der Waals surface area contributed by atoms with Crippen molar-refractivity contribution in [2.24, 2.45) is 11.3 Å². The Balaban J connectivity index is 1.90. The van der Waals surface area contributed by atoms with E-state index in [9.17, 15) is 18.5 Å². The fourth-order valence-corrected chi connectivity index (χ4v) is 5.37. The first-order valence-electron chi connectivity index (χ1n) is 7.50. The molecule has 0 radical (unpaired) electrons. The zero-order valence-electron chi connectivity index (χ0n) is 12.0. The lowest BCUT2D eigenvalue weighted by Crippen LogP contribution is -2.42. The van der Waals surface area contributed by atoms with Gasteiger partial charge in [-0.3, -0.25) is 4.79 Å². The van der Waals surface area contributed by atoms with Gasteiger partial charge in [0.15, 0.2) is 0 Å². The molecule has 0 aliphatic heterocycles. The molecule has 0 aromatic heterocycles. The van der Waals surface area contributed by atoms with Crippen LogP contribution in [0.4, 0.5) is 0 Å². The third-order valence-corrected chi connectivity index (χ3v) is 6.31. The predicted octanol–water partition coefficient (Wildman–Crippen LogP) is 1.63. The van der Waals surface area contributed by atoms with Crippen molar-refractivity contribution in [3.05, 3.63) is 0 Å². The topological polar surface area (TPSA) is 107 Å². The molecule has 0 heterocycles. The van der Waals surface area contributed by atoms with Gasteiger partial charge in [-0.1, -0.05) is 12.8 Å². The highest BCUT2D eigenvalue weighted by atomic mass is 32.2. The average molecular weight is 314 g/mol. The first kappa shape index (κ1) is 16.2. The molecule has 0 saturated heterocycles. The maximum Gasteiger partial charge on any atom is 0.306 e. The number of nitriles is 1. The Kier molecular flexibility index (Phi) is 4.89. The van der Waals surface area contributed by atoms with Crippen molar-refractivity contribution >= 4 is 16.0 Å². The van der Waals surface area contributed by atoms with Crippen LogP contribution in [0.15, 0.2) is 0 Å². The molecule has 0 bridgehead atoms. The molecule has 6 nitrogen and oxygen atoms in total. The summed E-state index contributed by atoms with van der Waals surface area (Å²) in [4.78, 5) is 10.9. The number of rotatable bonds is 5. The molecule has 0 aromatic rings. The van der Waals surface area contributed by atoms with Crippen molar-refractivity contribution in [3.63, 3.8) is 0 Å². The highest BCUT2D eigenvalue weighted by Gasteiger charge is 2.39. The number of hydrogen-bond donors (Lipinski definition) is 2. The van der Waals surface area contributed by atoms with Crippen molar-refractivity contribution in [1.82, 2.24) is 4.72 Å². The van der Waals surface area contributed by atoms with E-state index in [0.29, 0.717) is 38.5 Å². The Bertz CT molecular complexity index is 524. The van der Waals surface area contributed by atoms with Crippen LogP contribution in [0, 0.1) is 22.7 Å². The Morgan fingerprint density at radius 3 is 2.29 bits per heavy atom. The molecule has 2 rings (SSSR count). The summed E-state index contributed by atoms with van der Waals surface area (Å²) in [6.45, 7) is 0. The molecule has 2 saturated carbocycles. The van der Waals surface area contributed by atoms with Gasteiger partial charge in [0.2, 0.25) is 10.0 Å². The van der Waals surface area contributed by atoms with Crippen LogP contribution in [0.3, 0.4) is 0 Å². The van der Waals surface area contributed by atoms with Crippen LogP contribution in [0.25, 0.3) is 0 Å². The molecule has 2 aliphatic rings. The van der Waals surface area contributed by atoms with Crippen molar-refractivity contribution in [2.75, 3.05) is 5.75 Å². The molecule has 2 N–H and O–H groups in total. The largest absolute Gasteiger partial charge is 0.481 e. The zero-order valence-corrected chi connectivity index (χ0v) is 12.9. The lowest BCUT2D eigenvalue weighted by Gasteiger charge is -2.28. The molecule has 118 valence electrons. The third kappa shape index (κ3) is 4.17. The van der Waals surface area contributed by atoms with E-state index in [4.69, 9.17) is 5.11 Å². The highest BCUT2D eigenvalue weighted by Crippen LogP contribution is 2.38. The van der Waals surface area contributed by atoms with Gasteiger partial charge in [-0.2, -0.15) is 5.26 Å². The lowest BCUT2D eigenvalue weighted by atomic mass is 9.87. The van der Waals surface area contributed by atoms with E-state index in [2.05, 4.69) is 10.8 Å². The Morgan fingerprint density at radius 1 is 1.24 bits per heavy atom. The van der Waals surface area contributed by atoms with E-state index < -0.39 is 21.4 Å². The standard InChI is InChI=1S/C14H22N2O4S/c15-9-14(7-1-2-8-14)10-21(19,20)16-12-5-3-11(4-6-12)13(17)18/h11-12,16H,1-8,10H2,(H,17,18). The maximum absolute atomic E-state index is 12.3. The first-order valence-corrected chi connectivity index (χ1v) is 9.15. The van der Waals surface area contributed by atoms with Crippen molar-refractivity contribution < 1.29 is 18.3 Å². The van der Waals surface area contributed by atoms with Crippen molar-refractivity contribution in [3.8, 4) is 6.07 Å². The van der Waals surface area contributed by atoms with Gasteiger partial charge in [0.25, 0.3) is 0 Å². The number of nitrogens with zero attached hydrogens (tertiary/aromatic N) is 1. The summed E-state index contributed by atoms with van der Waals surface area (Å²) in [6.07, 6.45) is 5.23. The smallest absolute Gasteiger partial charge is 0.306 e. The van der Waals surface area contributed by atoms with Gasteiger partial charge in [-0.05, 0) is 38.5 Å². The zero-order chi connectivity index (χ0) is 15.5. The molecule has 7 heteroatoms. The fourth-order valence-electron chi connectivity index (χ4n) is 3.46. The van der Waals surface area contributed by atoms with Crippen LogP contribution >= 0.6 is 0 Å². The van der Waals surface area contributed by atoms with Crippen molar-refractivity contribution in [2.45, 2.75) is 57.4 Å². The average Bonchev–Trinajstić information content (AvgIpc) is 2.87. The minimum Gasteiger partial charge on any atom is -0.481 e. The molecule has 21 heavy (non-hydrogen) atoms. The van der Waals surface area contributed by atoms with E-state index in [1.807, 2.05) is 0 Å². The number of nitrogens with one attached hydrogen (secondary N) is 1. The molecule has 0 unspecified atom stereocenters. The van der Waals surface area contributed by atoms with Crippen LogP contribution in [-0.4, -0.2) is 31.3 Å². The van der Waals surface area contributed by atoms with Gasteiger partial charge < -0.3 is 5.11 Å². The molecule has 2 aliphatic carbocycles. The summed E-state index contributed by atoms with van der Waals surface area (Å²) in [5, 5.41) is 18.2. The van der Waals surface area contributed by atoms with Crippen molar-refractivity contribution in [1.29, 1.82) is 5.26 Å².